The van der Waals surface area contributed by atoms with Crippen molar-refractivity contribution in [2.75, 3.05) is 6.61 Å². The second kappa shape index (κ2) is 5.57. The lowest BCUT2D eigenvalue weighted by molar-refractivity contribution is 0.331. The molecule has 0 fully saturated rings. The van der Waals surface area contributed by atoms with Gasteiger partial charge in [-0.15, -0.1) is 6.58 Å². The molecule has 0 unspecified atom stereocenters. The standard InChI is InChI=1S/C8H14O/c1-3-4-5-6-8(2)7-9/h3,6,9H,1,4-5,7H2,2H3. The molecule has 1 heteroatoms. The number of rotatable bonds is 4. The van der Waals surface area contributed by atoms with Crippen LogP contribution in [0.1, 0.15) is 19.8 Å². The molecule has 9 heavy (non-hydrogen) atoms. The summed E-state index contributed by atoms with van der Waals surface area (Å²) >= 11 is 0. The summed E-state index contributed by atoms with van der Waals surface area (Å²) in [4.78, 5) is 0. The van der Waals surface area contributed by atoms with Crippen LogP contribution in [0.2, 0.25) is 0 Å². The molecule has 52 valence electrons. The number of aliphatic hydroxyl groups is 1. The van der Waals surface area contributed by atoms with Crippen molar-refractivity contribution >= 4 is 0 Å². The summed E-state index contributed by atoms with van der Waals surface area (Å²) in [7, 11) is 0. The topological polar surface area (TPSA) is 20.2 Å². The van der Waals surface area contributed by atoms with Crippen LogP contribution >= 0.6 is 0 Å². The van der Waals surface area contributed by atoms with Crippen LogP contribution in [0.15, 0.2) is 24.3 Å². The smallest absolute Gasteiger partial charge is 0.0639 e. The minimum atomic E-state index is 0.178. The van der Waals surface area contributed by atoms with E-state index < -0.39 is 0 Å². The van der Waals surface area contributed by atoms with Crippen molar-refractivity contribution in [3.63, 3.8) is 0 Å². The highest BCUT2D eigenvalue weighted by Crippen LogP contribution is 1.96. The average Bonchev–Trinajstić information content (AvgIpc) is 1.89. The Balaban J connectivity index is 3.31. The number of aliphatic hydroxyl groups excluding tert-OH is 1. The molecule has 0 aromatic heterocycles. The largest absolute Gasteiger partial charge is 0.392 e. The fourth-order valence-electron chi connectivity index (χ4n) is 0.512. The number of hydrogen-bond acceptors (Lipinski definition) is 1. The molecule has 1 N–H and O–H groups in total. The number of allylic oxidation sites excluding steroid dienone is 2. The summed E-state index contributed by atoms with van der Waals surface area (Å²) in [6.45, 7) is 5.69. The highest BCUT2D eigenvalue weighted by atomic mass is 16.3. The third-order valence-corrected chi connectivity index (χ3v) is 1.11. The molecule has 0 heterocycles. The Morgan fingerprint density at radius 1 is 1.56 bits per heavy atom. The quantitative estimate of drug-likeness (QED) is 0.450. The molecule has 0 aromatic carbocycles. The maximum atomic E-state index is 8.54. The van der Waals surface area contributed by atoms with Crippen LogP contribution in [0.3, 0.4) is 0 Å². The lowest BCUT2D eigenvalue weighted by Crippen LogP contribution is -1.82. The molecule has 1 nitrogen and oxygen atoms in total. The summed E-state index contributed by atoms with van der Waals surface area (Å²) in [5.74, 6) is 0. The molecule has 0 radical (unpaired) electrons. The average molecular weight is 126 g/mol. The van der Waals surface area contributed by atoms with Crippen LogP contribution in [0, 0.1) is 0 Å². The van der Waals surface area contributed by atoms with Gasteiger partial charge in [-0.2, -0.15) is 0 Å². The Kier molecular flexibility index (Phi) is 5.23. The normalized spacial score (nSPS) is 11.6. The van der Waals surface area contributed by atoms with E-state index in [1.165, 1.54) is 0 Å². The third kappa shape index (κ3) is 5.31. The van der Waals surface area contributed by atoms with Gasteiger partial charge in [-0.25, -0.2) is 0 Å². The van der Waals surface area contributed by atoms with Gasteiger partial charge >= 0.3 is 0 Å². The fraction of sp³-hybridized carbons (Fsp3) is 0.500. The zero-order valence-corrected chi connectivity index (χ0v) is 5.93. The van der Waals surface area contributed by atoms with E-state index in [-0.39, 0.29) is 6.61 Å². The van der Waals surface area contributed by atoms with Crippen LogP contribution in [-0.4, -0.2) is 11.7 Å². The van der Waals surface area contributed by atoms with Crippen LogP contribution < -0.4 is 0 Å². The molecular weight excluding hydrogens is 112 g/mol. The van der Waals surface area contributed by atoms with Gasteiger partial charge < -0.3 is 5.11 Å². The van der Waals surface area contributed by atoms with Crippen molar-refractivity contribution in [3.8, 4) is 0 Å². The van der Waals surface area contributed by atoms with Crippen molar-refractivity contribution in [3.05, 3.63) is 24.3 Å². The SMILES string of the molecule is C=CCCC=C(C)CO. The van der Waals surface area contributed by atoms with Gasteiger partial charge in [-0.3, -0.25) is 0 Å². The first-order valence-electron chi connectivity index (χ1n) is 3.18. The van der Waals surface area contributed by atoms with Crippen LogP contribution in [-0.2, 0) is 0 Å². The van der Waals surface area contributed by atoms with Gasteiger partial charge in [-0.1, -0.05) is 17.7 Å². The molecule has 0 saturated heterocycles. The molecule has 0 spiro atoms. The van der Waals surface area contributed by atoms with Gasteiger partial charge in [0.1, 0.15) is 0 Å². The maximum absolute atomic E-state index is 8.54. The van der Waals surface area contributed by atoms with Gasteiger partial charge in [0.05, 0.1) is 6.61 Å². The summed E-state index contributed by atoms with van der Waals surface area (Å²) in [5, 5.41) is 8.54. The van der Waals surface area contributed by atoms with Crippen molar-refractivity contribution < 1.29 is 5.11 Å². The van der Waals surface area contributed by atoms with Gasteiger partial charge in [0.2, 0.25) is 0 Å². The summed E-state index contributed by atoms with van der Waals surface area (Å²) < 4.78 is 0. The number of unbranched alkanes of at least 4 members (excludes halogenated alkanes) is 1. The first-order valence-corrected chi connectivity index (χ1v) is 3.18. The second-order valence-corrected chi connectivity index (χ2v) is 2.07. The number of hydrogen-bond donors (Lipinski definition) is 1. The van der Waals surface area contributed by atoms with Crippen molar-refractivity contribution in [2.45, 2.75) is 19.8 Å². The third-order valence-electron chi connectivity index (χ3n) is 1.11. The fourth-order valence-corrected chi connectivity index (χ4v) is 0.512. The minimum Gasteiger partial charge on any atom is -0.392 e. The Labute approximate surface area is 56.7 Å². The van der Waals surface area contributed by atoms with Gasteiger partial charge in [0.25, 0.3) is 0 Å². The second-order valence-electron chi connectivity index (χ2n) is 2.07. The molecular formula is C8H14O. The lowest BCUT2D eigenvalue weighted by Gasteiger charge is -1.91. The minimum absolute atomic E-state index is 0.178. The van der Waals surface area contributed by atoms with E-state index in [9.17, 15) is 0 Å². The van der Waals surface area contributed by atoms with E-state index >= 15 is 0 Å². The Morgan fingerprint density at radius 2 is 2.22 bits per heavy atom. The molecule has 0 aliphatic carbocycles. The molecule has 0 atom stereocenters. The van der Waals surface area contributed by atoms with E-state index in [1.807, 2.05) is 19.1 Å². The molecule has 0 rings (SSSR count). The van der Waals surface area contributed by atoms with Crippen molar-refractivity contribution in [1.29, 1.82) is 0 Å². The van der Waals surface area contributed by atoms with Crippen LogP contribution in [0.5, 0.6) is 0 Å². The van der Waals surface area contributed by atoms with Crippen LogP contribution in [0.25, 0.3) is 0 Å². The molecule has 0 aliphatic heterocycles. The summed E-state index contributed by atoms with van der Waals surface area (Å²) in [6, 6.07) is 0. The zero-order valence-electron chi connectivity index (χ0n) is 5.93. The summed E-state index contributed by atoms with van der Waals surface area (Å²) in [6.07, 6.45) is 5.90. The highest BCUT2D eigenvalue weighted by Gasteiger charge is 1.81. The predicted molar refractivity (Wildman–Crippen MR) is 40.3 cm³/mol. The maximum Gasteiger partial charge on any atom is 0.0639 e. The molecule has 0 saturated carbocycles. The van der Waals surface area contributed by atoms with E-state index in [2.05, 4.69) is 6.58 Å². The summed E-state index contributed by atoms with van der Waals surface area (Å²) in [5.41, 5.74) is 1.04. The zero-order chi connectivity index (χ0) is 7.11. The van der Waals surface area contributed by atoms with Gasteiger partial charge in [-0.05, 0) is 19.8 Å². The van der Waals surface area contributed by atoms with E-state index in [0.717, 1.165) is 18.4 Å². The van der Waals surface area contributed by atoms with Crippen molar-refractivity contribution in [2.24, 2.45) is 0 Å². The first-order chi connectivity index (χ1) is 4.31. The molecule has 0 aliphatic rings. The van der Waals surface area contributed by atoms with Crippen LogP contribution in [0.4, 0.5) is 0 Å². The monoisotopic (exact) mass is 126 g/mol. The predicted octanol–water partition coefficient (Wildman–Crippen LogP) is 1.89. The molecule has 0 aromatic rings. The lowest BCUT2D eigenvalue weighted by atomic mass is 10.2. The van der Waals surface area contributed by atoms with E-state index in [4.69, 9.17) is 5.11 Å². The first kappa shape index (κ1) is 8.44. The van der Waals surface area contributed by atoms with E-state index in [1.54, 1.807) is 0 Å². The Morgan fingerprint density at radius 3 is 2.67 bits per heavy atom. The Hall–Kier alpha value is -0.560. The van der Waals surface area contributed by atoms with Gasteiger partial charge in [0.15, 0.2) is 0 Å². The highest BCUT2D eigenvalue weighted by molar-refractivity contribution is 4.97. The molecule has 0 amide bonds. The van der Waals surface area contributed by atoms with E-state index in [0.29, 0.717) is 0 Å². The van der Waals surface area contributed by atoms with Gasteiger partial charge in [0, 0.05) is 0 Å². The molecule has 0 bridgehead atoms. The Bertz CT molecular complexity index is 103. The van der Waals surface area contributed by atoms with Crippen molar-refractivity contribution in [1.82, 2.24) is 0 Å².